The van der Waals surface area contributed by atoms with Crippen molar-refractivity contribution < 1.29 is 4.74 Å². The maximum Gasteiger partial charge on any atom is 0.0477 e. The van der Waals surface area contributed by atoms with Crippen molar-refractivity contribution in [2.75, 3.05) is 33.9 Å². The van der Waals surface area contributed by atoms with Gasteiger partial charge in [-0.15, -0.1) is 0 Å². The van der Waals surface area contributed by atoms with Crippen molar-refractivity contribution in [3.05, 3.63) is 0 Å². The van der Waals surface area contributed by atoms with E-state index >= 15 is 0 Å². The van der Waals surface area contributed by atoms with Crippen LogP contribution in [-0.2, 0) is 4.74 Å². The molecule has 0 bridgehead atoms. The second-order valence-corrected chi connectivity index (χ2v) is 4.91. The van der Waals surface area contributed by atoms with E-state index in [0.717, 1.165) is 25.6 Å². The second-order valence-electron chi connectivity index (χ2n) is 4.91. The Bertz CT molecular complexity index is 175. The van der Waals surface area contributed by atoms with Gasteiger partial charge in [-0.3, -0.25) is 4.90 Å². The van der Waals surface area contributed by atoms with Crippen LogP contribution in [0.5, 0.6) is 0 Å². The van der Waals surface area contributed by atoms with E-state index in [1.807, 2.05) is 7.05 Å². The van der Waals surface area contributed by atoms with Gasteiger partial charge >= 0.3 is 0 Å². The number of rotatable bonds is 7. The summed E-state index contributed by atoms with van der Waals surface area (Å²) in [5, 5.41) is 3.27. The van der Waals surface area contributed by atoms with E-state index in [0.29, 0.717) is 6.04 Å². The molecule has 0 aromatic rings. The minimum Gasteiger partial charge on any atom is -0.385 e. The van der Waals surface area contributed by atoms with Gasteiger partial charge in [-0.25, -0.2) is 0 Å². The standard InChI is InChI=1S/C13H28N2O/c1-12(8-11-16-3)15-10-5-4-6-13(15)7-9-14-2/h12-14H,4-11H2,1-3H3. The predicted molar refractivity (Wildman–Crippen MR) is 68.8 cm³/mol. The lowest BCUT2D eigenvalue weighted by atomic mass is 9.96. The third-order valence-corrected chi connectivity index (χ3v) is 3.71. The molecule has 1 N–H and O–H groups in total. The van der Waals surface area contributed by atoms with E-state index in [4.69, 9.17) is 4.74 Å². The third kappa shape index (κ3) is 4.40. The van der Waals surface area contributed by atoms with Crippen molar-refractivity contribution in [2.45, 2.75) is 51.1 Å². The molecule has 0 spiro atoms. The summed E-state index contributed by atoms with van der Waals surface area (Å²) in [6, 6.07) is 1.45. The molecule has 1 aliphatic rings. The number of nitrogens with one attached hydrogen (secondary N) is 1. The van der Waals surface area contributed by atoms with Gasteiger partial charge in [0, 0.05) is 25.8 Å². The van der Waals surface area contributed by atoms with Gasteiger partial charge in [0.25, 0.3) is 0 Å². The Morgan fingerprint density at radius 1 is 1.44 bits per heavy atom. The molecule has 1 heterocycles. The molecule has 1 aliphatic heterocycles. The molecule has 0 radical (unpaired) electrons. The van der Waals surface area contributed by atoms with Gasteiger partial charge in [-0.1, -0.05) is 6.42 Å². The molecule has 0 aliphatic carbocycles. The number of piperidine rings is 1. The summed E-state index contributed by atoms with van der Waals surface area (Å²) < 4.78 is 5.18. The van der Waals surface area contributed by atoms with Crippen LogP contribution in [0, 0.1) is 0 Å². The fourth-order valence-electron chi connectivity index (χ4n) is 2.68. The molecule has 0 amide bonds. The fourth-order valence-corrected chi connectivity index (χ4v) is 2.68. The van der Waals surface area contributed by atoms with Crippen LogP contribution < -0.4 is 5.32 Å². The molecule has 1 rings (SSSR count). The zero-order chi connectivity index (χ0) is 11.8. The smallest absolute Gasteiger partial charge is 0.0477 e. The molecule has 0 aromatic carbocycles. The lowest BCUT2D eigenvalue weighted by molar-refractivity contribution is 0.0740. The Morgan fingerprint density at radius 3 is 2.94 bits per heavy atom. The van der Waals surface area contributed by atoms with Crippen LogP contribution in [0.15, 0.2) is 0 Å². The average Bonchev–Trinajstić information content (AvgIpc) is 2.33. The Balaban J connectivity index is 2.38. The van der Waals surface area contributed by atoms with Gasteiger partial charge in [0.2, 0.25) is 0 Å². The maximum atomic E-state index is 5.18. The summed E-state index contributed by atoms with van der Waals surface area (Å²) in [5.74, 6) is 0. The van der Waals surface area contributed by atoms with E-state index < -0.39 is 0 Å². The van der Waals surface area contributed by atoms with Crippen molar-refractivity contribution in [3.63, 3.8) is 0 Å². The molecule has 0 saturated carbocycles. The van der Waals surface area contributed by atoms with Gasteiger partial charge < -0.3 is 10.1 Å². The summed E-state index contributed by atoms with van der Waals surface area (Å²) in [6.45, 7) is 5.64. The van der Waals surface area contributed by atoms with Gasteiger partial charge in [0.05, 0.1) is 0 Å². The lowest BCUT2D eigenvalue weighted by Gasteiger charge is -2.40. The number of methoxy groups -OCH3 is 1. The molecule has 0 aromatic heterocycles. The van der Waals surface area contributed by atoms with E-state index in [2.05, 4.69) is 17.1 Å². The molecule has 16 heavy (non-hydrogen) atoms. The first-order valence-electron chi connectivity index (χ1n) is 6.69. The quantitative estimate of drug-likeness (QED) is 0.720. The molecular weight excluding hydrogens is 200 g/mol. The zero-order valence-electron chi connectivity index (χ0n) is 11.2. The SMILES string of the molecule is CNCCC1CCCCN1C(C)CCOC. The summed E-state index contributed by atoms with van der Waals surface area (Å²) >= 11 is 0. The van der Waals surface area contributed by atoms with Gasteiger partial charge in [0.1, 0.15) is 0 Å². The van der Waals surface area contributed by atoms with Crippen LogP contribution in [0.3, 0.4) is 0 Å². The maximum absolute atomic E-state index is 5.18. The summed E-state index contributed by atoms with van der Waals surface area (Å²) in [5.41, 5.74) is 0. The van der Waals surface area contributed by atoms with Crippen LogP contribution in [0.4, 0.5) is 0 Å². The van der Waals surface area contributed by atoms with Crippen LogP contribution in [0.2, 0.25) is 0 Å². The Labute approximate surface area is 101 Å². The molecule has 3 nitrogen and oxygen atoms in total. The highest BCUT2D eigenvalue weighted by Crippen LogP contribution is 2.22. The van der Waals surface area contributed by atoms with Crippen molar-refractivity contribution in [2.24, 2.45) is 0 Å². The summed E-state index contributed by atoms with van der Waals surface area (Å²) in [4.78, 5) is 2.69. The molecule has 2 unspecified atom stereocenters. The summed E-state index contributed by atoms with van der Waals surface area (Å²) in [6.07, 6.45) is 6.59. The second kappa shape index (κ2) is 8.04. The van der Waals surface area contributed by atoms with Crippen molar-refractivity contribution in [1.82, 2.24) is 10.2 Å². The van der Waals surface area contributed by atoms with Crippen molar-refractivity contribution in [3.8, 4) is 0 Å². The van der Waals surface area contributed by atoms with Crippen LogP contribution in [0.1, 0.15) is 39.0 Å². The molecule has 1 fully saturated rings. The predicted octanol–water partition coefficient (Wildman–Crippen LogP) is 1.88. The van der Waals surface area contributed by atoms with Gasteiger partial charge in [0.15, 0.2) is 0 Å². The number of ether oxygens (including phenoxy) is 1. The number of hydrogen-bond acceptors (Lipinski definition) is 3. The Kier molecular flexibility index (Phi) is 7.01. The highest BCUT2D eigenvalue weighted by atomic mass is 16.5. The first-order valence-corrected chi connectivity index (χ1v) is 6.69. The van der Waals surface area contributed by atoms with Gasteiger partial charge in [-0.05, 0) is 52.7 Å². The van der Waals surface area contributed by atoms with E-state index in [1.54, 1.807) is 7.11 Å². The average molecular weight is 228 g/mol. The normalized spacial score (nSPS) is 24.6. The zero-order valence-corrected chi connectivity index (χ0v) is 11.2. The molecule has 96 valence electrons. The molecular formula is C13H28N2O. The molecule has 2 atom stereocenters. The topological polar surface area (TPSA) is 24.5 Å². The Morgan fingerprint density at radius 2 is 2.25 bits per heavy atom. The minimum atomic E-state index is 0.669. The largest absolute Gasteiger partial charge is 0.385 e. The monoisotopic (exact) mass is 228 g/mol. The van der Waals surface area contributed by atoms with Crippen molar-refractivity contribution >= 4 is 0 Å². The number of likely N-dealkylation sites (tertiary alicyclic amines) is 1. The Hall–Kier alpha value is -0.120. The van der Waals surface area contributed by atoms with Crippen LogP contribution in [0.25, 0.3) is 0 Å². The van der Waals surface area contributed by atoms with Crippen LogP contribution >= 0.6 is 0 Å². The molecule has 3 heteroatoms. The minimum absolute atomic E-state index is 0.669. The molecule has 1 saturated heterocycles. The van der Waals surface area contributed by atoms with E-state index in [9.17, 15) is 0 Å². The lowest BCUT2D eigenvalue weighted by Crippen LogP contribution is -2.46. The van der Waals surface area contributed by atoms with Crippen molar-refractivity contribution in [1.29, 1.82) is 0 Å². The number of hydrogen-bond donors (Lipinski definition) is 1. The fraction of sp³-hybridized carbons (Fsp3) is 1.00. The van der Waals surface area contributed by atoms with E-state index in [1.165, 1.54) is 32.2 Å². The van der Waals surface area contributed by atoms with Gasteiger partial charge in [-0.2, -0.15) is 0 Å². The highest BCUT2D eigenvalue weighted by molar-refractivity contribution is 4.81. The van der Waals surface area contributed by atoms with E-state index in [-0.39, 0.29) is 0 Å². The van der Waals surface area contributed by atoms with Crippen LogP contribution in [-0.4, -0.2) is 50.8 Å². The summed E-state index contributed by atoms with van der Waals surface area (Å²) in [7, 11) is 3.84. The first kappa shape index (κ1) is 13.9. The number of nitrogens with zero attached hydrogens (tertiary/aromatic N) is 1. The first-order chi connectivity index (χ1) is 7.79. The third-order valence-electron chi connectivity index (χ3n) is 3.71. The highest BCUT2D eigenvalue weighted by Gasteiger charge is 2.25.